The van der Waals surface area contributed by atoms with Gasteiger partial charge in [-0.1, -0.05) is 11.6 Å². The van der Waals surface area contributed by atoms with Gasteiger partial charge >= 0.3 is 6.18 Å². The van der Waals surface area contributed by atoms with Crippen LogP contribution in [0.5, 0.6) is 5.75 Å². The Morgan fingerprint density at radius 2 is 1.83 bits per heavy atom. The molecule has 8 nitrogen and oxygen atoms in total. The summed E-state index contributed by atoms with van der Waals surface area (Å²) in [7, 11) is 0. The van der Waals surface area contributed by atoms with Crippen molar-refractivity contribution in [1.29, 1.82) is 0 Å². The van der Waals surface area contributed by atoms with Gasteiger partial charge in [-0.2, -0.15) is 18.3 Å². The number of benzene rings is 1. The van der Waals surface area contributed by atoms with Crippen molar-refractivity contribution in [3.05, 3.63) is 68.4 Å². The molecular formula is C23H19ClF3N5O3S. The van der Waals surface area contributed by atoms with E-state index in [9.17, 15) is 22.8 Å². The summed E-state index contributed by atoms with van der Waals surface area (Å²) >= 11 is 6.84. The van der Waals surface area contributed by atoms with E-state index in [2.05, 4.69) is 15.4 Å². The van der Waals surface area contributed by atoms with Gasteiger partial charge in [0, 0.05) is 16.6 Å². The predicted molar refractivity (Wildman–Crippen MR) is 130 cm³/mol. The fraction of sp³-hybridized carbons (Fsp3) is 0.217. The number of carbonyl (C=O) groups is 2. The average Bonchev–Trinajstić information content (AvgIpc) is 3.40. The molecule has 0 radical (unpaired) electrons. The van der Waals surface area contributed by atoms with Crippen LogP contribution in [0.1, 0.15) is 42.5 Å². The first-order chi connectivity index (χ1) is 16.8. The van der Waals surface area contributed by atoms with E-state index in [4.69, 9.17) is 22.1 Å². The Balaban J connectivity index is 1.57. The number of hydrogen-bond donors (Lipinski definition) is 2. The zero-order valence-corrected chi connectivity index (χ0v) is 20.7. The van der Waals surface area contributed by atoms with Crippen LogP contribution in [0.2, 0.25) is 5.02 Å². The van der Waals surface area contributed by atoms with E-state index in [1.54, 1.807) is 12.1 Å². The maximum atomic E-state index is 13.2. The number of hydrogen-bond acceptors (Lipinski definition) is 6. The summed E-state index contributed by atoms with van der Waals surface area (Å²) in [6.07, 6.45) is -3.15. The molecule has 0 fully saturated rings. The number of nitrogens with one attached hydrogen (secondary N) is 1. The van der Waals surface area contributed by atoms with Crippen LogP contribution in [-0.2, 0) is 12.9 Å². The summed E-state index contributed by atoms with van der Waals surface area (Å²) in [5.74, 6) is -1.02. The summed E-state index contributed by atoms with van der Waals surface area (Å²) in [6.45, 7) is 5.14. The van der Waals surface area contributed by atoms with Crippen LogP contribution in [-0.4, -0.2) is 26.6 Å². The molecule has 1 aromatic carbocycles. The molecule has 3 heterocycles. The van der Waals surface area contributed by atoms with Crippen LogP contribution in [0.3, 0.4) is 0 Å². The number of carbonyl (C=O) groups excluding carboxylic acids is 2. The second kappa shape index (κ2) is 9.43. The number of alkyl halides is 3. The molecule has 3 aromatic heterocycles. The Morgan fingerprint density at radius 3 is 2.44 bits per heavy atom. The Morgan fingerprint density at radius 1 is 1.17 bits per heavy atom. The molecule has 0 aliphatic heterocycles. The van der Waals surface area contributed by atoms with Gasteiger partial charge in [-0.15, -0.1) is 11.3 Å². The van der Waals surface area contributed by atoms with Crippen molar-refractivity contribution in [2.75, 3.05) is 5.32 Å². The standard InChI is InChI=1S/C23H19ClF3N5O3S/c1-10-8-15(23(25,26)27)29-22-16(10)18(19(36-22)20(28)33)30-21(34)14-4-5-32(31-14)9-35-13-6-11(2)17(24)12(3)7-13/h4-8H,9H2,1-3H3,(H2,28,33)(H,30,34). The smallest absolute Gasteiger partial charge is 0.433 e. The molecule has 0 spiro atoms. The molecule has 188 valence electrons. The second-order valence-electron chi connectivity index (χ2n) is 8.01. The van der Waals surface area contributed by atoms with Crippen molar-refractivity contribution >= 4 is 50.7 Å². The van der Waals surface area contributed by atoms with Gasteiger partial charge in [0.1, 0.15) is 21.2 Å². The number of aromatic nitrogens is 3. The number of amides is 2. The number of pyridine rings is 1. The van der Waals surface area contributed by atoms with Crippen LogP contribution in [0, 0.1) is 20.8 Å². The van der Waals surface area contributed by atoms with Crippen LogP contribution in [0.15, 0.2) is 30.5 Å². The number of rotatable bonds is 6. The van der Waals surface area contributed by atoms with E-state index in [0.717, 1.165) is 17.2 Å². The first-order valence-electron chi connectivity index (χ1n) is 10.4. The lowest BCUT2D eigenvalue weighted by Crippen LogP contribution is -2.18. The zero-order valence-electron chi connectivity index (χ0n) is 19.2. The van der Waals surface area contributed by atoms with Crippen LogP contribution >= 0.6 is 22.9 Å². The molecule has 0 aliphatic carbocycles. The number of aryl methyl sites for hydroxylation is 3. The zero-order chi connectivity index (χ0) is 26.4. The monoisotopic (exact) mass is 537 g/mol. The molecule has 0 aliphatic rings. The van der Waals surface area contributed by atoms with Gasteiger partial charge in [0.2, 0.25) is 0 Å². The number of halogens is 4. The molecular weight excluding hydrogens is 519 g/mol. The first kappa shape index (κ1) is 25.5. The van der Waals surface area contributed by atoms with Gasteiger partial charge in [0.25, 0.3) is 11.8 Å². The highest BCUT2D eigenvalue weighted by Crippen LogP contribution is 2.39. The third-order valence-corrected chi connectivity index (χ3v) is 6.95. The molecule has 0 saturated heterocycles. The molecule has 36 heavy (non-hydrogen) atoms. The minimum Gasteiger partial charge on any atom is -0.471 e. The molecule has 0 saturated carbocycles. The van der Waals surface area contributed by atoms with Crippen molar-refractivity contribution in [3.8, 4) is 5.75 Å². The molecule has 3 N–H and O–H groups in total. The Kier molecular flexibility index (Phi) is 6.67. The minimum atomic E-state index is -4.67. The molecule has 4 aromatic rings. The Bertz CT molecular complexity index is 1490. The van der Waals surface area contributed by atoms with E-state index >= 15 is 0 Å². The predicted octanol–water partition coefficient (Wildman–Crippen LogP) is 5.48. The molecule has 13 heteroatoms. The molecule has 0 atom stereocenters. The molecule has 0 bridgehead atoms. The highest BCUT2D eigenvalue weighted by molar-refractivity contribution is 7.21. The SMILES string of the molecule is Cc1cc(OCn2ccc(C(=O)Nc3c(C(N)=O)sc4nc(C(F)(F)F)cc(C)c34)n2)cc(C)c1Cl. The van der Waals surface area contributed by atoms with E-state index in [0.29, 0.717) is 22.1 Å². The molecule has 2 amide bonds. The topological polar surface area (TPSA) is 112 Å². The quantitative estimate of drug-likeness (QED) is 0.338. The van der Waals surface area contributed by atoms with Crippen molar-refractivity contribution in [2.24, 2.45) is 5.73 Å². The van der Waals surface area contributed by atoms with Crippen LogP contribution < -0.4 is 15.8 Å². The number of fused-ring (bicyclic) bond motifs is 1. The van der Waals surface area contributed by atoms with Gasteiger partial charge in [-0.25, -0.2) is 9.67 Å². The Hall–Kier alpha value is -3.64. The van der Waals surface area contributed by atoms with E-state index in [1.807, 2.05) is 13.8 Å². The lowest BCUT2D eigenvalue weighted by atomic mass is 10.1. The molecule has 0 unspecified atom stereocenters. The van der Waals surface area contributed by atoms with E-state index in [-0.39, 0.29) is 38.8 Å². The largest absolute Gasteiger partial charge is 0.471 e. The third-order valence-electron chi connectivity index (χ3n) is 5.26. The number of nitrogens with two attached hydrogens (primary N) is 1. The highest BCUT2D eigenvalue weighted by atomic mass is 35.5. The summed E-state index contributed by atoms with van der Waals surface area (Å²) in [5, 5.41) is 7.57. The van der Waals surface area contributed by atoms with Crippen molar-refractivity contribution in [3.63, 3.8) is 0 Å². The van der Waals surface area contributed by atoms with Gasteiger partial charge in [0.05, 0.1) is 5.69 Å². The summed E-state index contributed by atoms with van der Waals surface area (Å²) in [5.41, 5.74) is 6.19. The maximum absolute atomic E-state index is 13.2. The number of thiophene rings is 1. The highest BCUT2D eigenvalue weighted by Gasteiger charge is 2.34. The van der Waals surface area contributed by atoms with Gasteiger partial charge < -0.3 is 15.8 Å². The van der Waals surface area contributed by atoms with Gasteiger partial charge in [-0.05, 0) is 61.7 Å². The third kappa shape index (κ3) is 5.00. The fourth-order valence-corrected chi connectivity index (χ4v) is 4.75. The lowest BCUT2D eigenvalue weighted by Gasteiger charge is -2.10. The van der Waals surface area contributed by atoms with Crippen molar-refractivity contribution in [2.45, 2.75) is 33.7 Å². The minimum absolute atomic E-state index is 0.00492. The lowest BCUT2D eigenvalue weighted by molar-refractivity contribution is -0.141. The number of anilines is 1. The summed E-state index contributed by atoms with van der Waals surface area (Å²) < 4.78 is 46.6. The maximum Gasteiger partial charge on any atom is 0.433 e. The van der Waals surface area contributed by atoms with Crippen LogP contribution in [0.25, 0.3) is 10.2 Å². The molecule has 4 rings (SSSR count). The van der Waals surface area contributed by atoms with E-state index < -0.39 is 23.7 Å². The number of ether oxygens (including phenoxy) is 1. The van der Waals surface area contributed by atoms with Crippen molar-refractivity contribution in [1.82, 2.24) is 14.8 Å². The first-order valence-corrected chi connectivity index (χ1v) is 11.6. The van der Waals surface area contributed by atoms with Crippen molar-refractivity contribution < 1.29 is 27.5 Å². The number of primary amides is 1. The second-order valence-corrected chi connectivity index (χ2v) is 9.39. The van der Waals surface area contributed by atoms with Crippen LogP contribution in [0.4, 0.5) is 18.9 Å². The summed E-state index contributed by atoms with van der Waals surface area (Å²) in [6, 6.07) is 5.84. The van der Waals surface area contributed by atoms with E-state index in [1.165, 1.54) is 23.9 Å². The summed E-state index contributed by atoms with van der Waals surface area (Å²) in [4.78, 5) is 28.3. The van der Waals surface area contributed by atoms with Gasteiger partial charge in [-0.3, -0.25) is 9.59 Å². The number of nitrogens with zero attached hydrogens (tertiary/aromatic N) is 3. The average molecular weight is 538 g/mol. The normalized spacial score (nSPS) is 11.6. The van der Waals surface area contributed by atoms with Gasteiger partial charge in [0.15, 0.2) is 12.4 Å². The Labute approximate surface area is 211 Å². The fourth-order valence-electron chi connectivity index (χ4n) is 3.58.